The van der Waals surface area contributed by atoms with Crippen molar-refractivity contribution in [2.24, 2.45) is 5.10 Å². The number of halogens is 1. The van der Waals surface area contributed by atoms with Crippen LogP contribution in [0.3, 0.4) is 0 Å². The quantitative estimate of drug-likeness (QED) is 0.540. The zero-order chi connectivity index (χ0) is 19.8. The lowest BCUT2D eigenvalue weighted by Gasteiger charge is -2.14. The van der Waals surface area contributed by atoms with Crippen LogP contribution in [-0.2, 0) is 0 Å². The van der Waals surface area contributed by atoms with Crippen LogP contribution in [0.5, 0.6) is 5.88 Å². The van der Waals surface area contributed by atoms with Crippen LogP contribution in [0.25, 0.3) is 16.5 Å². The van der Waals surface area contributed by atoms with E-state index in [9.17, 15) is 9.90 Å². The summed E-state index contributed by atoms with van der Waals surface area (Å²) < 4.78 is 2.78. The molecule has 4 aromatic rings. The lowest BCUT2D eigenvalue weighted by atomic mass is 10.1. The number of aryl methyl sites for hydroxylation is 2. The molecule has 0 bridgehead atoms. The fourth-order valence-corrected chi connectivity index (χ4v) is 3.27. The monoisotopic (exact) mass is 393 g/mol. The predicted molar refractivity (Wildman–Crippen MR) is 109 cm³/mol. The van der Waals surface area contributed by atoms with Gasteiger partial charge in [-0.05, 0) is 38.1 Å². The molecule has 0 unspecified atom stereocenters. The van der Waals surface area contributed by atoms with Gasteiger partial charge in [0, 0.05) is 15.8 Å². The van der Waals surface area contributed by atoms with E-state index in [2.05, 4.69) is 15.3 Å². The van der Waals surface area contributed by atoms with Crippen molar-refractivity contribution in [2.45, 2.75) is 13.8 Å². The molecule has 0 saturated carbocycles. The Balaban J connectivity index is 2.02. The maximum atomic E-state index is 13.0. The molecule has 0 spiro atoms. The van der Waals surface area contributed by atoms with Crippen molar-refractivity contribution in [1.82, 2.24) is 19.4 Å². The molecule has 140 valence electrons. The Kier molecular flexibility index (Phi) is 4.44. The molecule has 8 heteroatoms. The van der Waals surface area contributed by atoms with Crippen molar-refractivity contribution in [2.75, 3.05) is 0 Å². The lowest BCUT2D eigenvalue weighted by molar-refractivity contribution is 0.436. The lowest BCUT2D eigenvalue weighted by Crippen LogP contribution is -2.20. The summed E-state index contributed by atoms with van der Waals surface area (Å²) in [6, 6.07) is 13.8. The highest BCUT2D eigenvalue weighted by Crippen LogP contribution is 2.26. The minimum absolute atomic E-state index is 0.224. The summed E-state index contributed by atoms with van der Waals surface area (Å²) >= 11 is 6.08. The number of rotatable bonds is 3. The molecule has 4 rings (SSSR count). The number of nitrogens with zero attached hydrogens (tertiary/aromatic N) is 5. The molecule has 0 aliphatic heterocycles. The second-order valence-corrected chi connectivity index (χ2v) is 6.69. The molecular weight excluding hydrogens is 378 g/mol. The number of fused-ring (bicyclic) bond motifs is 1. The Labute approximate surface area is 165 Å². The Morgan fingerprint density at radius 1 is 1.04 bits per heavy atom. The van der Waals surface area contributed by atoms with E-state index in [-0.39, 0.29) is 11.4 Å². The molecule has 0 aliphatic rings. The van der Waals surface area contributed by atoms with Gasteiger partial charge in [0.05, 0.1) is 17.5 Å². The van der Waals surface area contributed by atoms with Crippen molar-refractivity contribution in [3.8, 4) is 11.6 Å². The van der Waals surface area contributed by atoms with E-state index in [0.717, 1.165) is 0 Å². The fourth-order valence-electron chi connectivity index (χ4n) is 3.09. The molecule has 0 radical (unpaired) electrons. The van der Waals surface area contributed by atoms with Crippen molar-refractivity contribution >= 4 is 28.6 Å². The number of aromatic hydroxyl groups is 1. The molecule has 1 N–H and O–H groups in total. The van der Waals surface area contributed by atoms with Crippen molar-refractivity contribution in [1.29, 1.82) is 0 Å². The summed E-state index contributed by atoms with van der Waals surface area (Å²) in [5.74, 6) is 1.000. The van der Waals surface area contributed by atoms with Gasteiger partial charge in [-0.25, -0.2) is 9.24 Å². The third-order valence-corrected chi connectivity index (χ3v) is 4.66. The minimum Gasteiger partial charge on any atom is -0.494 e. The second-order valence-electron chi connectivity index (χ2n) is 6.25. The molecule has 7 nitrogen and oxygen atoms in total. The Morgan fingerprint density at radius 3 is 2.39 bits per heavy atom. The minimum atomic E-state index is -0.343. The third-order valence-electron chi connectivity index (χ3n) is 4.42. The van der Waals surface area contributed by atoms with Gasteiger partial charge in [-0.15, -0.1) is 10.2 Å². The average molecular weight is 394 g/mol. The predicted octanol–water partition coefficient (Wildman–Crippen LogP) is 3.44. The zero-order valence-corrected chi connectivity index (χ0v) is 15.9. The standard InChI is InChI=1S/C20H16ClN5O2/c1-12-23-24-13(2)26(12)22-11-18-16-8-3-4-9-17(16)19(27)25(20(18)28)15-7-5-6-14(21)10-15/h3-11,28H,1-2H3/b22-11+. The highest BCUT2D eigenvalue weighted by Gasteiger charge is 2.16. The topological polar surface area (TPSA) is 85.3 Å². The number of aromatic nitrogens is 4. The fraction of sp³-hybridized carbons (Fsp3) is 0.100. The highest BCUT2D eigenvalue weighted by atomic mass is 35.5. The SMILES string of the molecule is Cc1nnc(C)n1/N=C/c1c(O)n(-c2cccc(Cl)c2)c(=O)c2ccccc12. The Bertz CT molecular complexity index is 1270. The van der Waals surface area contributed by atoms with Crippen LogP contribution in [-0.4, -0.2) is 30.8 Å². The van der Waals surface area contributed by atoms with Gasteiger partial charge in [-0.3, -0.25) is 4.79 Å². The summed E-state index contributed by atoms with van der Waals surface area (Å²) in [6.45, 7) is 3.56. The van der Waals surface area contributed by atoms with E-state index in [1.165, 1.54) is 10.8 Å². The third kappa shape index (κ3) is 2.95. The number of benzene rings is 2. The van der Waals surface area contributed by atoms with Gasteiger partial charge in [0.1, 0.15) is 0 Å². The van der Waals surface area contributed by atoms with E-state index in [4.69, 9.17) is 11.6 Å². The van der Waals surface area contributed by atoms with E-state index in [1.54, 1.807) is 67.1 Å². The largest absolute Gasteiger partial charge is 0.494 e. The van der Waals surface area contributed by atoms with Crippen LogP contribution in [0, 0.1) is 13.8 Å². The van der Waals surface area contributed by atoms with Gasteiger partial charge in [-0.2, -0.15) is 5.10 Å². The summed E-state index contributed by atoms with van der Waals surface area (Å²) in [4.78, 5) is 13.0. The normalized spacial score (nSPS) is 11.5. The smallest absolute Gasteiger partial charge is 0.265 e. The Morgan fingerprint density at radius 2 is 1.71 bits per heavy atom. The van der Waals surface area contributed by atoms with Crippen LogP contribution in [0.2, 0.25) is 5.02 Å². The maximum Gasteiger partial charge on any atom is 0.265 e. The average Bonchev–Trinajstić information content (AvgIpc) is 3.00. The van der Waals surface area contributed by atoms with Gasteiger partial charge in [0.15, 0.2) is 11.6 Å². The molecule has 0 saturated heterocycles. The first-order valence-electron chi connectivity index (χ1n) is 8.53. The number of pyridine rings is 1. The highest BCUT2D eigenvalue weighted by molar-refractivity contribution is 6.30. The maximum absolute atomic E-state index is 13.0. The Hall–Kier alpha value is -3.45. The molecule has 0 amide bonds. The number of hydrogen-bond donors (Lipinski definition) is 1. The summed E-state index contributed by atoms with van der Waals surface area (Å²) in [6.07, 6.45) is 1.50. The van der Waals surface area contributed by atoms with Crippen LogP contribution in [0.4, 0.5) is 0 Å². The van der Waals surface area contributed by atoms with Crippen molar-refractivity contribution < 1.29 is 5.11 Å². The molecule has 2 aromatic carbocycles. The van der Waals surface area contributed by atoms with Crippen LogP contribution in [0.1, 0.15) is 17.2 Å². The van der Waals surface area contributed by atoms with E-state index in [0.29, 0.717) is 38.7 Å². The zero-order valence-electron chi connectivity index (χ0n) is 15.2. The second kappa shape index (κ2) is 6.94. The van der Waals surface area contributed by atoms with Crippen LogP contribution < -0.4 is 5.56 Å². The summed E-state index contributed by atoms with van der Waals surface area (Å²) in [7, 11) is 0. The molecule has 28 heavy (non-hydrogen) atoms. The van der Waals surface area contributed by atoms with Gasteiger partial charge < -0.3 is 5.11 Å². The summed E-state index contributed by atoms with van der Waals surface area (Å²) in [5, 5.41) is 24.8. The van der Waals surface area contributed by atoms with E-state index >= 15 is 0 Å². The first-order valence-corrected chi connectivity index (χ1v) is 8.91. The molecule has 2 aromatic heterocycles. The van der Waals surface area contributed by atoms with E-state index in [1.807, 2.05) is 0 Å². The van der Waals surface area contributed by atoms with Crippen molar-refractivity contribution in [3.05, 3.63) is 81.1 Å². The molecule has 0 fully saturated rings. The first kappa shape index (κ1) is 17.9. The first-order chi connectivity index (χ1) is 13.5. The van der Waals surface area contributed by atoms with Gasteiger partial charge >= 0.3 is 0 Å². The van der Waals surface area contributed by atoms with Gasteiger partial charge in [0.2, 0.25) is 5.88 Å². The van der Waals surface area contributed by atoms with Gasteiger partial charge in [-0.1, -0.05) is 35.9 Å². The van der Waals surface area contributed by atoms with E-state index < -0.39 is 0 Å². The molecule has 0 atom stereocenters. The van der Waals surface area contributed by atoms with Gasteiger partial charge in [0.25, 0.3) is 5.56 Å². The van der Waals surface area contributed by atoms with Crippen LogP contribution in [0.15, 0.2) is 58.4 Å². The number of hydrogen-bond acceptors (Lipinski definition) is 5. The van der Waals surface area contributed by atoms with Crippen molar-refractivity contribution in [3.63, 3.8) is 0 Å². The molecule has 2 heterocycles. The van der Waals surface area contributed by atoms with Crippen LogP contribution >= 0.6 is 11.6 Å². The summed E-state index contributed by atoms with van der Waals surface area (Å²) in [5.41, 5.74) is 0.527. The molecular formula is C20H16ClN5O2. The molecule has 0 aliphatic carbocycles.